The summed E-state index contributed by atoms with van der Waals surface area (Å²) >= 11 is 0. The normalized spacial score (nSPS) is 11.6. The van der Waals surface area contributed by atoms with Crippen LogP contribution in [0, 0.1) is 11.3 Å². The SMILES string of the molecule is CC(N)CCC(=O)NCc1cccc(C#N)c1. The molecule has 1 unspecified atom stereocenters. The Morgan fingerprint density at radius 3 is 3.00 bits per heavy atom. The lowest BCUT2D eigenvalue weighted by Gasteiger charge is -2.07. The van der Waals surface area contributed by atoms with Gasteiger partial charge in [0.1, 0.15) is 0 Å². The lowest BCUT2D eigenvalue weighted by atomic mass is 10.1. The van der Waals surface area contributed by atoms with Crippen molar-refractivity contribution >= 4 is 5.91 Å². The van der Waals surface area contributed by atoms with Crippen molar-refractivity contribution in [3.05, 3.63) is 35.4 Å². The van der Waals surface area contributed by atoms with Crippen molar-refractivity contribution in [2.45, 2.75) is 32.4 Å². The second-order valence-corrected chi connectivity index (χ2v) is 4.10. The quantitative estimate of drug-likeness (QED) is 0.801. The Kier molecular flexibility index (Phi) is 5.18. The summed E-state index contributed by atoms with van der Waals surface area (Å²) in [5.41, 5.74) is 7.10. The molecule has 1 aromatic carbocycles. The second kappa shape index (κ2) is 6.66. The van der Waals surface area contributed by atoms with Crippen LogP contribution < -0.4 is 11.1 Å². The molecule has 4 nitrogen and oxygen atoms in total. The highest BCUT2D eigenvalue weighted by molar-refractivity contribution is 5.75. The van der Waals surface area contributed by atoms with Gasteiger partial charge < -0.3 is 11.1 Å². The number of hydrogen-bond donors (Lipinski definition) is 2. The van der Waals surface area contributed by atoms with Gasteiger partial charge in [0.25, 0.3) is 0 Å². The predicted octanol–water partition coefficient (Wildman–Crippen LogP) is 1.30. The average Bonchev–Trinajstić information content (AvgIpc) is 2.34. The first-order valence-electron chi connectivity index (χ1n) is 5.63. The maximum absolute atomic E-state index is 11.4. The molecule has 0 saturated carbocycles. The lowest BCUT2D eigenvalue weighted by molar-refractivity contribution is -0.121. The number of nitrogens with zero attached hydrogens (tertiary/aromatic N) is 1. The Hall–Kier alpha value is -1.86. The summed E-state index contributed by atoms with van der Waals surface area (Å²) in [4.78, 5) is 11.4. The van der Waals surface area contributed by atoms with Crippen LogP contribution >= 0.6 is 0 Å². The molecular weight excluding hydrogens is 214 g/mol. The van der Waals surface area contributed by atoms with Gasteiger partial charge in [0.05, 0.1) is 11.6 Å². The molecule has 0 spiro atoms. The third-order valence-corrected chi connectivity index (χ3v) is 2.37. The van der Waals surface area contributed by atoms with E-state index in [0.29, 0.717) is 24.9 Å². The monoisotopic (exact) mass is 231 g/mol. The molecule has 0 fully saturated rings. The number of carbonyl (C=O) groups excluding carboxylic acids is 1. The topological polar surface area (TPSA) is 78.9 Å². The Morgan fingerprint density at radius 1 is 1.59 bits per heavy atom. The van der Waals surface area contributed by atoms with E-state index in [-0.39, 0.29) is 11.9 Å². The van der Waals surface area contributed by atoms with E-state index in [1.54, 1.807) is 12.1 Å². The highest BCUT2D eigenvalue weighted by Crippen LogP contribution is 2.04. The van der Waals surface area contributed by atoms with Crippen molar-refractivity contribution in [2.24, 2.45) is 5.73 Å². The van der Waals surface area contributed by atoms with Gasteiger partial charge in [-0.15, -0.1) is 0 Å². The number of nitrogens with two attached hydrogens (primary N) is 1. The zero-order valence-electron chi connectivity index (χ0n) is 9.94. The number of nitriles is 1. The molecule has 0 bridgehead atoms. The first kappa shape index (κ1) is 13.2. The zero-order chi connectivity index (χ0) is 12.7. The van der Waals surface area contributed by atoms with Gasteiger partial charge in [-0.3, -0.25) is 4.79 Å². The van der Waals surface area contributed by atoms with Crippen LogP contribution in [0.2, 0.25) is 0 Å². The highest BCUT2D eigenvalue weighted by Gasteiger charge is 2.03. The summed E-state index contributed by atoms with van der Waals surface area (Å²) in [6, 6.07) is 9.31. The fourth-order valence-corrected chi connectivity index (χ4v) is 1.40. The molecule has 0 aromatic heterocycles. The number of amides is 1. The van der Waals surface area contributed by atoms with Crippen molar-refractivity contribution in [1.82, 2.24) is 5.32 Å². The van der Waals surface area contributed by atoms with E-state index in [2.05, 4.69) is 11.4 Å². The minimum atomic E-state index is -0.00957. The fraction of sp³-hybridized carbons (Fsp3) is 0.385. The summed E-state index contributed by atoms with van der Waals surface area (Å²) in [7, 11) is 0. The van der Waals surface area contributed by atoms with E-state index >= 15 is 0 Å². The third-order valence-electron chi connectivity index (χ3n) is 2.37. The van der Waals surface area contributed by atoms with Gasteiger partial charge in [0.2, 0.25) is 5.91 Å². The smallest absolute Gasteiger partial charge is 0.220 e. The lowest BCUT2D eigenvalue weighted by Crippen LogP contribution is -2.25. The van der Waals surface area contributed by atoms with Crippen LogP contribution in [-0.4, -0.2) is 11.9 Å². The summed E-state index contributed by atoms with van der Waals surface area (Å²) in [5.74, 6) is -0.00957. The van der Waals surface area contributed by atoms with Crippen LogP contribution in [-0.2, 0) is 11.3 Å². The van der Waals surface area contributed by atoms with Crippen LogP contribution in [0.25, 0.3) is 0 Å². The van der Waals surface area contributed by atoms with Crippen molar-refractivity contribution in [3.8, 4) is 6.07 Å². The second-order valence-electron chi connectivity index (χ2n) is 4.10. The maximum Gasteiger partial charge on any atom is 0.220 e. The van der Waals surface area contributed by atoms with Gasteiger partial charge in [-0.1, -0.05) is 12.1 Å². The van der Waals surface area contributed by atoms with Crippen molar-refractivity contribution in [2.75, 3.05) is 0 Å². The van der Waals surface area contributed by atoms with Gasteiger partial charge >= 0.3 is 0 Å². The van der Waals surface area contributed by atoms with E-state index in [4.69, 9.17) is 11.0 Å². The highest BCUT2D eigenvalue weighted by atomic mass is 16.1. The molecule has 1 atom stereocenters. The molecule has 0 saturated heterocycles. The number of hydrogen-bond acceptors (Lipinski definition) is 3. The molecule has 0 aliphatic rings. The van der Waals surface area contributed by atoms with Crippen LogP contribution in [0.3, 0.4) is 0 Å². The molecule has 4 heteroatoms. The number of rotatable bonds is 5. The molecular formula is C13H17N3O. The molecule has 1 aromatic rings. The van der Waals surface area contributed by atoms with Crippen molar-refractivity contribution in [1.29, 1.82) is 5.26 Å². The molecule has 1 rings (SSSR count). The average molecular weight is 231 g/mol. The third kappa shape index (κ3) is 5.14. The predicted molar refractivity (Wildman–Crippen MR) is 65.9 cm³/mol. The molecule has 0 radical (unpaired) electrons. The minimum absolute atomic E-state index is 0.00957. The zero-order valence-corrected chi connectivity index (χ0v) is 9.94. The van der Waals surface area contributed by atoms with Crippen LogP contribution in [0.1, 0.15) is 30.9 Å². The Bertz CT molecular complexity index is 421. The van der Waals surface area contributed by atoms with E-state index in [9.17, 15) is 4.79 Å². The number of benzene rings is 1. The Labute approximate surface area is 101 Å². The standard InChI is InChI=1S/C13H17N3O/c1-10(15)5-6-13(17)16-9-12-4-2-3-11(7-12)8-14/h2-4,7,10H,5-6,9,15H2,1H3,(H,16,17). The van der Waals surface area contributed by atoms with Gasteiger partial charge in [0, 0.05) is 19.0 Å². The van der Waals surface area contributed by atoms with E-state index in [1.165, 1.54) is 0 Å². The summed E-state index contributed by atoms with van der Waals surface area (Å²) in [5, 5.41) is 11.5. The molecule has 0 aliphatic heterocycles. The van der Waals surface area contributed by atoms with Gasteiger partial charge in [-0.2, -0.15) is 5.26 Å². The molecule has 90 valence electrons. The van der Waals surface area contributed by atoms with E-state index < -0.39 is 0 Å². The maximum atomic E-state index is 11.4. The number of carbonyl (C=O) groups is 1. The molecule has 17 heavy (non-hydrogen) atoms. The molecule has 3 N–H and O–H groups in total. The fourth-order valence-electron chi connectivity index (χ4n) is 1.40. The van der Waals surface area contributed by atoms with Crippen molar-refractivity contribution < 1.29 is 4.79 Å². The van der Waals surface area contributed by atoms with Crippen molar-refractivity contribution in [3.63, 3.8) is 0 Å². The van der Waals surface area contributed by atoms with E-state index in [1.807, 2.05) is 19.1 Å². The molecule has 0 heterocycles. The first-order valence-corrected chi connectivity index (χ1v) is 5.63. The van der Waals surface area contributed by atoms with E-state index in [0.717, 1.165) is 5.56 Å². The van der Waals surface area contributed by atoms with Crippen LogP contribution in [0.5, 0.6) is 0 Å². The largest absolute Gasteiger partial charge is 0.352 e. The summed E-state index contributed by atoms with van der Waals surface area (Å²) < 4.78 is 0. The van der Waals surface area contributed by atoms with Gasteiger partial charge in [0.15, 0.2) is 0 Å². The Balaban J connectivity index is 2.40. The Morgan fingerprint density at radius 2 is 2.35 bits per heavy atom. The van der Waals surface area contributed by atoms with Gasteiger partial charge in [-0.25, -0.2) is 0 Å². The minimum Gasteiger partial charge on any atom is -0.352 e. The summed E-state index contributed by atoms with van der Waals surface area (Å²) in [6.07, 6.45) is 1.12. The van der Waals surface area contributed by atoms with Crippen LogP contribution in [0.4, 0.5) is 0 Å². The van der Waals surface area contributed by atoms with Crippen LogP contribution in [0.15, 0.2) is 24.3 Å². The van der Waals surface area contributed by atoms with Gasteiger partial charge in [-0.05, 0) is 31.0 Å². The summed E-state index contributed by atoms with van der Waals surface area (Å²) in [6.45, 7) is 2.33. The molecule has 1 amide bonds. The number of nitrogens with one attached hydrogen (secondary N) is 1. The first-order chi connectivity index (χ1) is 8.11. The molecule has 0 aliphatic carbocycles.